The van der Waals surface area contributed by atoms with E-state index in [4.69, 9.17) is 14.4 Å². The molecule has 6 nitrogen and oxygen atoms in total. The maximum absolute atomic E-state index is 12.5. The third-order valence-electron chi connectivity index (χ3n) is 3.86. The largest absolute Gasteiger partial charge is 0.466 e. The predicted octanol–water partition coefficient (Wildman–Crippen LogP) is 2.86. The maximum Gasteiger partial charge on any atom is 0.330 e. The molecule has 0 aliphatic carbocycles. The summed E-state index contributed by atoms with van der Waals surface area (Å²) in [6.07, 6.45) is 1.54. The zero-order chi connectivity index (χ0) is 17.8. The molecule has 0 spiro atoms. The SMILES string of the molecule is CC(=O)N1[C@H](C(=O)OCc2cccc(C#N)c2)CS[C@H]1c1ccco1. The monoisotopic (exact) mass is 356 g/mol. The van der Waals surface area contributed by atoms with Crippen molar-refractivity contribution in [3.05, 3.63) is 59.5 Å². The number of nitriles is 1. The first-order valence-corrected chi connectivity index (χ1v) is 8.74. The number of rotatable bonds is 4. The summed E-state index contributed by atoms with van der Waals surface area (Å²) in [4.78, 5) is 26.0. The van der Waals surface area contributed by atoms with Gasteiger partial charge in [0.15, 0.2) is 0 Å². The number of esters is 1. The van der Waals surface area contributed by atoms with Crippen LogP contribution >= 0.6 is 11.8 Å². The van der Waals surface area contributed by atoms with Crippen molar-refractivity contribution in [1.82, 2.24) is 4.90 Å². The van der Waals surface area contributed by atoms with Crippen molar-refractivity contribution < 1.29 is 18.7 Å². The highest BCUT2D eigenvalue weighted by atomic mass is 32.2. The van der Waals surface area contributed by atoms with Crippen molar-refractivity contribution in [2.45, 2.75) is 24.9 Å². The molecule has 1 amide bonds. The fourth-order valence-electron chi connectivity index (χ4n) is 2.70. The van der Waals surface area contributed by atoms with Gasteiger partial charge in [-0.25, -0.2) is 4.79 Å². The Kier molecular flexibility index (Phi) is 5.10. The summed E-state index contributed by atoms with van der Waals surface area (Å²) >= 11 is 1.47. The first-order valence-electron chi connectivity index (χ1n) is 7.69. The number of furan rings is 1. The molecule has 0 radical (unpaired) electrons. The molecular formula is C18H16N2O4S. The molecule has 0 bridgehead atoms. The third-order valence-corrected chi connectivity index (χ3v) is 5.14. The molecule has 25 heavy (non-hydrogen) atoms. The Balaban J connectivity index is 1.68. The number of carbonyl (C=O) groups excluding carboxylic acids is 2. The Bertz CT molecular complexity index is 813. The van der Waals surface area contributed by atoms with Crippen LogP contribution < -0.4 is 0 Å². The summed E-state index contributed by atoms with van der Waals surface area (Å²) < 4.78 is 10.8. The molecule has 0 unspecified atom stereocenters. The Morgan fingerprint density at radius 1 is 1.40 bits per heavy atom. The van der Waals surface area contributed by atoms with Gasteiger partial charge < -0.3 is 14.1 Å². The summed E-state index contributed by atoms with van der Waals surface area (Å²) in [5.41, 5.74) is 1.24. The highest BCUT2D eigenvalue weighted by Crippen LogP contribution is 2.41. The minimum atomic E-state index is -0.656. The first-order chi connectivity index (χ1) is 12.1. The van der Waals surface area contributed by atoms with E-state index < -0.39 is 12.0 Å². The number of carbonyl (C=O) groups is 2. The molecule has 1 saturated heterocycles. The predicted molar refractivity (Wildman–Crippen MR) is 91.2 cm³/mol. The van der Waals surface area contributed by atoms with Crippen LogP contribution in [0.25, 0.3) is 0 Å². The van der Waals surface area contributed by atoms with Gasteiger partial charge in [0, 0.05) is 12.7 Å². The zero-order valence-electron chi connectivity index (χ0n) is 13.5. The van der Waals surface area contributed by atoms with Crippen LogP contribution in [0.4, 0.5) is 0 Å². The lowest BCUT2D eigenvalue weighted by Gasteiger charge is -2.25. The van der Waals surface area contributed by atoms with Crippen LogP contribution in [0.1, 0.15) is 29.2 Å². The molecule has 7 heteroatoms. The zero-order valence-corrected chi connectivity index (χ0v) is 14.4. The fourth-order valence-corrected chi connectivity index (χ4v) is 4.12. The van der Waals surface area contributed by atoms with Gasteiger partial charge in [0.2, 0.25) is 5.91 Å². The Labute approximate surface area is 149 Å². The summed E-state index contributed by atoms with van der Waals surface area (Å²) in [6.45, 7) is 1.49. The van der Waals surface area contributed by atoms with Gasteiger partial charge >= 0.3 is 5.97 Å². The molecule has 1 aliphatic heterocycles. The molecule has 1 aromatic carbocycles. The molecule has 2 atom stereocenters. The number of hydrogen-bond acceptors (Lipinski definition) is 6. The van der Waals surface area contributed by atoms with Crippen LogP contribution in [0.2, 0.25) is 0 Å². The molecule has 1 fully saturated rings. The lowest BCUT2D eigenvalue weighted by atomic mass is 10.1. The Morgan fingerprint density at radius 3 is 2.92 bits per heavy atom. The quantitative estimate of drug-likeness (QED) is 0.783. The van der Waals surface area contributed by atoms with Crippen molar-refractivity contribution in [3.8, 4) is 6.07 Å². The highest BCUT2D eigenvalue weighted by molar-refractivity contribution is 7.99. The molecule has 0 saturated carbocycles. The van der Waals surface area contributed by atoms with Crippen LogP contribution in [-0.4, -0.2) is 28.6 Å². The van der Waals surface area contributed by atoms with E-state index in [1.54, 1.807) is 42.7 Å². The second-order valence-corrected chi connectivity index (χ2v) is 6.68. The van der Waals surface area contributed by atoms with Gasteiger partial charge in [-0.2, -0.15) is 5.26 Å². The van der Waals surface area contributed by atoms with E-state index in [2.05, 4.69) is 0 Å². The minimum absolute atomic E-state index is 0.0622. The Morgan fingerprint density at radius 2 is 2.24 bits per heavy atom. The van der Waals surface area contributed by atoms with Crippen molar-refractivity contribution in [1.29, 1.82) is 5.26 Å². The number of hydrogen-bond donors (Lipinski definition) is 0. The van der Waals surface area contributed by atoms with Crippen molar-refractivity contribution >= 4 is 23.6 Å². The van der Waals surface area contributed by atoms with E-state index >= 15 is 0 Å². The number of nitrogens with zero attached hydrogens (tertiary/aromatic N) is 2. The summed E-state index contributed by atoms with van der Waals surface area (Å²) in [5, 5.41) is 8.59. The normalized spacial score (nSPS) is 19.4. The average Bonchev–Trinajstić information content (AvgIpc) is 3.28. The second kappa shape index (κ2) is 7.45. The van der Waals surface area contributed by atoms with Crippen LogP contribution in [0.5, 0.6) is 0 Å². The van der Waals surface area contributed by atoms with Gasteiger partial charge in [0.1, 0.15) is 23.8 Å². The van der Waals surface area contributed by atoms with Crippen molar-refractivity contribution in [3.63, 3.8) is 0 Å². The third kappa shape index (κ3) is 3.69. The summed E-state index contributed by atoms with van der Waals surface area (Å²) in [6, 6.07) is 11.8. The summed E-state index contributed by atoms with van der Waals surface area (Å²) in [5.74, 6) is 0.415. The molecule has 2 aromatic rings. The van der Waals surface area contributed by atoms with Crippen LogP contribution in [0.15, 0.2) is 47.1 Å². The van der Waals surface area contributed by atoms with Gasteiger partial charge in [-0.15, -0.1) is 11.8 Å². The highest BCUT2D eigenvalue weighted by Gasteiger charge is 2.43. The fraction of sp³-hybridized carbons (Fsp3) is 0.278. The van der Waals surface area contributed by atoms with E-state index in [1.807, 2.05) is 6.07 Å². The lowest BCUT2D eigenvalue weighted by Crippen LogP contribution is -2.42. The molecule has 128 valence electrons. The van der Waals surface area contributed by atoms with E-state index in [-0.39, 0.29) is 17.9 Å². The second-order valence-electron chi connectivity index (χ2n) is 5.56. The number of ether oxygens (including phenoxy) is 1. The molecule has 1 aliphatic rings. The van der Waals surface area contributed by atoms with E-state index in [1.165, 1.54) is 23.6 Å². The molecular weight excluding hydrogens is 340 g/mol. The lowest BCUT2D eigenvalue weighted by molar-refractivity contribution is -0.154. The van der Waals surface area contributed by atoms with Gasteiger partial charge in [-0.3, -0.25) is 4.79 Å². The van der Waals surface area contributed by atoms with E-state index in [9.17, 15) is 9.59 Å². The van der Waals surface area contributed by atoms with E-state index in [0.29, 0.717) is 17.1 Å². The first kappa shape index (κ1) is 17.1. The number of benzene rings is 1. The Hall–Kier alpha value is -2.72. The van der Waals surface area contributed by atoms with Crippen LogP contribution in [0, 0.1) is 11.3 Å². The standard InChI is InChI=1S/C18H16N2O4S/c1-12(21)20-15(11-25-17(20)16-6-3-7-23-16)18(22)24-10-14-5-2-4-13(8-14)9-19/h2-8,15,17H,10-11H2,1H3/t15-,17-/m0/s1. The number of amides is 1. The molecule has 2 heterocycles. The maximum atomic E-state index is 12.5. The topological polar surface area (TPSA) is 83.5 Å². The molecule has 0 N–H and O–H groups in total. The average molecular weight is 356 g/mol. The molecule has 1 aromatic heterocycles. The minimum Gasteiger partial charge on any atom is -0.466 e. The van der Waals surface area contributed by atoms with Gasteiger partial charge in [-0.1, -0.05) is 12.1 Å². The van der Waals surface area contributed by atoms with Gasteiger partial charge in [-0.05, 0) is 29.8 Å². The van der Waals surface area contributed by atoms with Crippen molar-refractivity contribution in [2.75, 3.05) is 5.75 Å². The van der Waals surface area contributed by atoms with E-state index in [0.717, 1.165) is 5.56 Å². The van der Waals surface area contributed by atoms with Gasteiger partial charge in [0.25, 0.3) is 0 Å². The van der Waals surface area contributed by atoms with Crippen LogP contribution in [-0.2, 0) is 20.9 Å². The number of thioether (sulfide) groups is 1. The van der Waals surface area contributed by atoms with Crippen LogP contribution in [0.3, 0.4) is 0 Å². The van der Waals surface area contributed by atoms with Crippen molar-refractivity contribution in [2.24, 2.45) is 0 Å². The molecule has 3 rings (SSSR count). The van der Waals surface area contributed by atoms with Gasteiger partial charge in [0.05, 0.1) is 17.9 Å². The summed E-state index contributed by atoms with van der Waals surface area (Å²) in [7, 11) is 0. The smallest absolute Gasteiger partial charge is 0.330 e.